The van der Waals surface area contributed by atoms with E-state index in [1.54, 1.807) is 12.3 Å². The van der Waals surface area contributed by atoms with Gasteiger partial charge in [0.2, 0.25) is 5.76 Å². The number of rotatable bonds is 4. The van der Waals surface area contributed by atoms with Crippen LogP contribution in [0.15, 0.2) is 57.7 Å². The molecule has 0 saturated heterocycles. The summed E-state index contributed by atoms with van der Waals surface area (Å²) in [5.41, 5.74) is 0.727. The van der Waals surface area contributed by atoms with E-state index in [1.807, 2.05) is 36.4 Å². The maximum atomic E-state index is 5.65. The van der Waals surface area contributed by atoms with Crippen molar-refractivity contribution in [3.05, 3.63) is 58.0 Å². The summed E-state index contributed by atoms with van der Waals surface area (Å²) in [6.45, 7) is 0.365. The Kier molecular flexibility index (Phi) is 3.54. The first-order chi connectivity index (χ1) is 9.31. The molecule has 3 rings (SSSR count). The first kappa shape index (κ1) is 12.3. The van der Waals surface area contributed by atoms with Crippen molar-refractivity contribution in [1.29, 1.82) is 0 Å². The minimum atomic E-state index is 0.365. The molecule has 0 bridgehead atoms. The molecule has 19 heavy (non-hydrogen) atoms. The van der Waals surface area contributed by atoms with Crippen LogP contribution in [0.5, 0.6) is 5.75 Å². The van der Waals surface area contributed by atoms with E-state index in [1.165, 1.54) is 0 Å². The van der Waals surface area contributed by atoms with Crippen LogP contribution in [0.3, 0.4) is 0 Å². The highest BCUT2D eigenvalue weighted by Crippen LogP contribution is 2.21. The van der Waals surface area contributed by atoms with Crippen LogP contribution in [0.1, 0.15) is 5.69 Å². The van der Waals surface area contributed by atoms with Crippen molar-refractivity contribution in [2.45, 2.75) is 6.61 Å². The van der Waals surface area contributed by atoms with Gasteiger partial charge >= 0.3 is 0 Å². The molecular weight excluding hydrogens is 357 g/mol. The molecule has 4 nitrogen and oxygen atoms in total. The van der Waals surface area contributed by atoms with Gasteiger partial charge in [0.05, 0.1) is 6.26 Å². The second-order valence-electron chi connectivity index (χ2n) is 3.91. The third kappa shape index (κ3) is 2.98. The molecule has 0 radical (unpaired) electrons. The summed E-state index contributed by atoms with van der Waals surface area (Å²) in [6, 6.07) is 13.3. The predicted molar refractivity (Wildman–Crippen MR) is 77.7 cm³/mol. The van der Waals surface area contributed by atoms with Crippen molar-refractivity contribution in [3.8, 4) is 17.3 Å². The van der Waals surface area contributed by atoms with Gasteiger partial charge in [0.1, 0.15) is 18.1 Å². The summed E-state index contributed by atoms with van der Waals surface area (Å²) < 4.78 is 17.2. The minimum absolute atomic E-state index is 0.365. The number of hydrogen-bond donors (Lipinski definition) is 0. The molecule has 0 aliphatic heterocycles. The number of hydrogen-bond acceptors (Lipinski definition) is 4. The molecule has 0 fully saturated rings. The van der Waals surface area contributed by atoms with Gasteiger partial charge in [0, 0.05) is 9.64 Å². The van der Waals surface area contributed by atoms with E-state index in [9.17, 15) is 0 Å². The van der Waals surface area contributed by atoms with E-state index in [0.717, 1.165) is 15.0 Å². The van der Waals surface area contributed by atoms with E-state index in [-0.39, 0.29) is 0 Å². The van der Waals surface area contributed by atoms with E-state index >= 15 is 0 Å². The van der Waals surface area contributed by atoms with Crippen molar-refractivity contribution in [2.75, 3.05) is 0 Å². The molecule has 0 unspecified atom stereocenters. The van der Waals surface area contributed by atoms with Crippen LogP contribution < -0.4 is 4.74 Å². The molecule has 0 spiro atoms. The van der Waals surface area contributed by atoms with Crippen molar-refractivity contribution >= 4 is 22.6 Å². The van der Waals surface area contributed by atoms with Gasteiger partial charge in [-0.25, -0.2) is 0 Å². The van der Waals surface area contributed by atoms with Crippen molar-refractivity contribution in [3.63, 3.8) is 0 Å². The third-order valence-electron chi connectivity index (χ3n) is 2.51. The number of nitrogens with zero attached hydrogens (tertiary/aromatic N) is 1. The highest BCUT2D eigenvalue weighted by Gasteiger charge is 2.09. The van der Waals surface area contributed by atoms with Gasteiger partial charge in [-0.15, -0.1) is 0 Å². The molecule has 0 N–H and O–H groups in total. The fourth-order valence-corrected chi connectivity index (χ4v) is 2.14. The SMILES string of the molecule is Ic1cccc(OCc2cc(-c3ccco3)on2)c1. The first-order valence-corrected chi connectivity index (χ1v) is 6.77. The number of furan rings is 1. The predicted octanol–water partition coefficient (Wildman–Crippen LogP) is 4.12. The molecule has 0 aliphatic rings. The molecule has 96 valence electrons. The standard InChI is InChI=1S/C14H10INO3/c15-10-3-1-4-12(7-10)18-9-11-8-14(19-16-11)13-5-2-6-17-13/h1-8H,9H2. The summed E-state index contributed by atoms with van der Waals surface area (Å²) in [4.78, 5) is 0. The van der Waals surface area contributed by atoms with Crippen molar-refractivity contribution in [1.82, 2.24) is 5.16 Å². The van der Waals surface area contributed by atoms with Gasteiger partial charge in [-0.1, -0.05) is 11.2 Å². The van der Waals surface area contributed by atoms with Gasteiger partial charge in [0.15, 0.2) is 5.76 Å². The van der Waals surface area contributed by atoms with E-state index in [2.05, 4.69) is 27.7 Å². The van der Waals surface area contributed by atoms with E-state index in [4.69, 9.17) is 13.7 Å². The van der Waals surface area contributed by atoms with Gasteiger partial charge in [-0.2, -0.15) is 0 Å². The van der Waals surface area contributed by atoms with Crippen LogP contribution in [-0.4, -0.2) is 5.16 Å². The Hall–Kier alpha value is -1.76. The number of halogens is 1. The number of aromatic nitrogens is 1. The largest absolute Gasteiger partial charge is 0.487 e. The molecule has 2 heterocycles. The monoisotopic (exact) mass is 367 g/mol. The lowest BCUT2D eigenvalue weighted by Gasteiger charge is -2.03. The third-order valence-corrected chi connectivity index (χ3v) is 3.18. The molecule has 0 amide bonds. The summed E-state index contributed by atoms with van der Waals surface area (Å²) in [6.07, 6.45) is 1.60. The highest BCUT2D eigenvalue weighted by atomic mass is 127. The molecular formula is C14H10INO3. The van der Waals surface area contributed by atoms with Gasteiger partial charge in [0.25, 0.3) is 0 Å². The van der Waals surface area contributed by atoms with Crippen LogP contribution in [0.2, 0.25) is 0 Å². The van der Waals surface area contributed by atoms with Crippen LogP contribution in [0, 0.1) is 3.57 Å². The molecule has 0 aliphatic carbocycles. The lowest BCUT2D eigenvalue weighted by Crippen LogP contribution is -1.95. The molecule has 5 heteroatoms. The Balaban J connectivity index is 1.68. The summed E-state index contributed by atoms with van der Waals surface area (Å²) >= 11 is 2.24. The lowest BCUT2D eigenvalue weighted by atomic mass is 10.3. The zero-order valence-corrected chi connectivity index (χ0v) is 12.0. The van der Waals surface area contributed by atoms with Crippen molar-refractivity contribution < 1.29 is 13.7 Å². The van der Waals surface area contributed by atoms with Crippen LogP contribution >= 0.6 is 22.6 Å². The molecule has 2 aromatic heterocycles. The van der Waals surface area contributed by atoms with E-state index in [0.29, 0.717) is 18.1 Å². The average molecular weight is 367 g/mol. The fraction of sp³-hybridized carbons (Fsp3) is 0.0714. The minimum Gasteiger partial charge on any atom is -0.487 e. The summed E-state index contributed by atoms with van der Waals surface area (Å²) in [5, 5.41) is 3.95. The van der Waals surface area contributed by atoms with Gasteiger partial charge in [-0.3, -0.25) is 0 Å². The summed E-state index contributed by atoms with van der Waals surface area (Å²) in [7, 11) is 0. The zero-order chi connectivity index (χ0) is 13.1. The number of ether oxygens (including phenoxy) is 1. The fourth-order valence-electron chi connectivity index (χ4n) is 1.63. The van der Waals surface area contributed by atoms with Crippen LogP contribution in [0.4, 0.5) is 0 Å². The van der Waals surface area contributed by atoms with E-state index < -0.39 is 0 Å². The van der Waals surface area contributed by atoms with Gasteiger partial charge in [-0.05, 0) is 52.9 Å². The Bertz CT molecular complexity index is 661. The van der Waals surface area contributed by atoms with Gasteiger partial charge < -0.3 is 13.7 Å². The Morgan fingerprint density at radius 1 is 1.11 bits per heavy atom. The maximum absolute atomic E-state index is 5.65. The van der Waals surface area contributed by atoms with Crippen LogP contribution in [-0.2, 0) is 6.61 Å². The first-order valence-electron chi connectivity index (χ1n) is 5.69. The molecule has 1 aromatic carbocycles. The zero-order valence-electron chi connectivity index (χ0n) is 9.88. The topological polar surface area (TPSA) is 48.4 Å². The lowest BCUT2D eigenvalue weighted by molar-refractivity contribution is 0.289. The second kappa shape index (κ2) is 5.48. The molecule has 3 aromatic rings. The molecule has 0 atom stereocenters. The normalized spacial score (nSPS) is 10.6. The molecule has 0 saturated carbocycles. The summed E-state index contributed by atoms with van der Waals surface area (Å²) in [5.74, 6) is 2.08. The maximum Gasteiger partial charge on any atom is 0.202 e. The smallest absolute Gasteiger partial charge is 0.202 e. The van der Waals surface area contributed by atoms with Crippen LogP contribution in [0.25, 0.3) is 11.5 Å². The Morgan fingerprint density at radius 3 is 2.84 bits per heavy atom. The number of benzene rings is 1. The Morgan fingerprint density at radius 2 is 2.05 bits per heavy atom. The average Bonchev–Trinajstić information content (AvgIpc) is 3.07. The second-order valence-corrected chi connectivity index (χ2v) is 5.15. The highest BCUT2D eigenvalue weighted by molar-refractivity contribution is 14.1. The quantitative estimate of drug-likeness (QED) is 0.651. The van der Waals surface area contributed by atoms with Crippen molar-refractivity contribution in [2.24, 2.45) is 0 Å². The Labute approximate surface area is 123 Å².